The predicted molar refractivity (Wildman–Crippen MR) is 125 cm³/mol. The van der Waals surface area contributed by atoms with Crippen LogP contribution in [0.25, 0.3) is 23.4 Å². The van der Waals surface area contributed by atoms with Crippen LogP contribution in [0.5, 0.6) is 0 Å². The van der Waals surface area contributed by atoms with E-state index in [1.54, 1.807) is 6.92 Å². The highest BCUT2D eigenvalue weighted by Crippen LogP contribution is 2.31. The molecular formula is C26H25N3O2. The fraction of sp³-hybridized carbons (Fsp3) is 0.231. The quantitative estimate of drug-likeness (QED) is 0.617. The monoisotopic (exact) mass is 411 g/mol. The van der Waals surface area contributed by atoms with Gasteiger partial charge >= 0.3 is 0 Å². The third-order valence-electron chi connectivity index (χ3n) is 5.89. The van der Waals surface area contributed by atoms with Crippen LogP contribution in [0, 0.1) is 0 Å². The van der Waals surface area contributed by atoms with Crippen LogP contribution in [-0.4, -0.2) is 37.2 Å². The van der Waals surface area contributed by atoms with Crippen molar-refractivity contribution in [1.29, 1.82) is 0 Å². The summed E-state index contributed by atoms with van der Waals surface area (Å²) in [6, 6.07) is 20.6. The second kappa shape index (κ2) is 8.36. The Morgan fingerprint density at radius 2 is 1.74 bits per heavy atom. The first kappa shape index (κ1) is 19.5. The van der Waals surface area contributed by atoms with E-state index >= 15 is 0 Å². The molecule has 3 aromatic rings. The van der Waals surface area contributed by atoms with E-state index in [-0.39, 0.29) is 5.91 Å². The molecule has 0 aliphatic carbocycles. The first-order valence-corrected chi connectivity index (χ1v) is 10.7. The third-order valence-corrected chi connectivity index (χ3v) is 5.89. The van der Waals surface area contributed by atoms with E-state index in [1.807, 2.05) is 29.2 Å². The van der Waals surface area contributed by atoms with Gasteiger partial charge in [-0.25, -0.2) is 4.98 Å². The summed E-state index contributed by atoms with van der Waals surface area (Å²) in [6.07, 6.45) is 4.23. The molecule has 5 rings (SSSR count). The van der Waals surface area contributed by atoms with Crippen LogP contribution in [0.2, 0.25) is 0 Å². The number of hydrogen-bond donors (Lipinski definition) is 0. The van der Waals surface area contributed by atoms with E-state index in [4.69, 9.17) is 9.72 Å². The molecule has 0 radical (unpaired) electrons. The lowest BCUT2D eigenvalue weighted by Crippen LogP contribution is -2.36. The molecule has 2 aromatic carbocycles. The van der Waals surface area contributed by atoms with Crippen LogP contribution in [0.1, 0.15) is 23.6 Å². The number of carbonyl (C=O) groups is 1. The molecule has 0 saturated carbocycles. The van der Waals surface area contributed by atoms with Crippen LogP contribution in [0.3, 0.4) is 0 Å². The molecular weight excluding hydrogens is 386 g/mol. The van der Waals surface area contributed by atoms with Gasteiger partial charge in [-0.05, 0) is 41.0 Å². The Labute approximate surface area is 182 Å². The number of pyridine rings is 1. The Morgan fingerprint density at radius 1 is 0.935 bits per heavy atom. The fourth-order valence-corrected chi connectivity index (χ4v) is 4.20. The van der Waals surface area contributed by atoms with Gasteiger partial charge < -0.3 is 14.5 Å². The average Bonchev–Trinajstić information content (AvgIpc) is 2.81. The molecule has 31 heavy (non-hydrogen) atoms. The lowest BCUT2D eigenvalue weighted by Gasteiger charge is -2.28. The van der Waals surface area contributed by atoms with E-state index < -0.39 is 0 Å². The number of amides is 1. The highest BCUT2D eigenvalue weighted by Gasteiger charge is 2.19. The summed E-state index contributed by atoms with van der Waals surface area (Å²) < 4.78 is 5.47. The summed E-state index contributed by atoms with van der Waals surface area (Å²) in [6.45, 7) is 5.38. The average molecular weight is 412 g/mol. The molecule has 5 heteroatoms. The van der Waals surface area contributed by atoms with Gasteiger partial charge in [0.25, 0.3) is 0 Å². The number of ether oxygens (including phenoxy) is 1. The number of nitrogens with zero attached hydrogens (tertiary/aromatic N) is 3. The van der Waals surface area contributed by atoms with Gasteiger partial charge in [-0.3, -0.25) is 4.79 Å². The number of morpholine rings is 1. The summed E-state index contributed by atoms with van der Waals surface area (Å²) in [5, 5.41) is 0. The standard InChI is InChI=1S/C26H25N3O2/c1-19(30)29-18-23-12-11-22(17-21(23)10-9-20-5-2-3-7-25(20)29)24-6-4-8-26(27-24)28-13-15-31-16-14-28/h2-12,17H,13-16,18H2,1H3/b10-9-. The van der Waals surface area contributed by atoms with Gasteiger partial charge in [0.05, 0.1) is 31.1 Å². The van der Waals surface area contributed by atoms with Crippen LogP contribution in [0.4, 0.5) is 11.5 Å². The molecule has 0 spiro atoms. The number of anilines is 2. The normalized spacial score (nSPS) is 16.7. The summed E-state index contributed by atoms with van der Waals surface area (Å²) in [4.78, 5) is 21.4. The second-order valence-electron chi connectivity index (χ2n) is 7.89. The smallest absolute Gasteiger partial charge is 0.224 e. The maximum absolute atomic E-state index is 12.4. The van der Waals surface area contributed by atoms with Crippen molar-refractivity contribution in [3.63, 3.8) is 0 Å². The van der Waals surface area contributed by atoms with Gasteiger partial charge in [-0.15, -0.1) is 0 Å². The SMILES string of the molecule is CC(=O)N1Cc2ccc(-c3cccc(N4CCOCC4)n3)cc2/C=C\c2ccccc21. The zero-order chi connectivity index (χ0) is 21.2. The molecule has 1 fully saturated rings. The molecule has 0 unspecified atom stereocenters. The maximum atomic E-state index is 12.4. The molecule has 156 valence electrons. The lowest BCUT2D eigenvalue weighted by atomic mass is 9.97. The van der Waals surface area contributed by atoms with E-state index in [0.29, 0.717) is 6.54 Å². The van der Waals surface area contributed by atoms with Crippen molar-refractivity contribution in [2.75, 3.05) is 36.1 Å². The summed E-state index contributed by atoms with van der Waals surface area (Å²) in [7, 11) is 0. The van der Waals surface area contributed by atoms with E-state index in [9.17, 15) is 4.79 Å². The highest BCUT2D eigenvalue weighted by atomic mass is 16.5. The molecule has 5 nitrogen and oxygen atoms in total. The molecule has 0 N–H and O–H groups in total. The van der Waals surface area contributed by atoms with Gasteiger partial charge in [-0.1, -0.05) is 48.6 Å². The molecule has 3 heterocycles. The molecule has 0 bridgehead atoms. The largest absolute Gasteiger partial charge is 0.378 e. The Kier molecular flexibility index (Phi) is 5.26. The molecule has 2 aliphatic heterocycles. The highest BCUT2D eigenvalue weighted by molar-refractivity contribution is 5.95. The number of hydrogen-bond acceptors (Lipinski definition) is 4. The summed E-state index contributed by atoms with van der Waals surface area (Å²) >= 11 is 0. The maximum Gasteiger partial charge on any atom is 0.224 e. The van der Waals surface area contributed by atoms with Crippen molar-refractivity contribution in [1.82, 2.24) is 4.98 Å². The first-order valence-electron chi connectivity index (χ1n) is 10.7. The van der Waals surface area contributed by atoms with Crippen molar-refractivity contribution in [2.24, 2.45) is 0 Å². The van der Waals surface area contributed by atoms with Gasteiger partial charge in [0, 0.05) is 25.6 Å². The van der Waals surface area contributed by atoms with Gasteiger partial charge in [0.2, 0.25) is 5.91 Å². The minimum Gasteiger partial charge on any atom is -0.378 e. The Morgan fingerprint density at radius 3 is 2.58 bits per heavy atom. The van der Waals surface area contributed by atoms with E-state index in [2.05, 4.69) is 53.5 Å². The number of benzene rings is 2. The van der Waals surface area contributed by atoms with Crippen molar-refractivity contribution >= 4 is 29.6 Å². The Hall–Kier alpha value is -3.44. The van der Waals surface area contributed by atoms with Gasteiger partial charge in [-0.2, -0.15) is 0 Å². The lowest BCUT2D eigenvalue weighted by molar-refractivity contribution is -0.116. The summed E-state index contributed by atoms with van der Waals surface area (Å²) in [5.41, 5.74) is 6.24. The van der Waals surface area contributed by atoms with Crippen LogP contribution in [-0.2, 0) is 16.1 Å². The molecule has 2 aliphatic rings. The van der Waals surface area contributed by atoms with Crippen molar-refractivity contribution in [3.8, 4) is 11.3 Å². The van der Waals surface area contributed by atoms with E-state index in [0.717, 1.165) is 65.8 Å². The fourth-order valence-electron chi connectivity index (χ4n) is 4.20. The van der Waals surface area contributed by atoms with Crippen LogP contribution in [0.15, 0.2) is 60.7 Å². The number of para-hydroxylation sites is 1. The van der Waals surface area contributed by atoms with Crippen molar-refractivity contribution in [3.05, 3.63) is 77.4 Å². The number of rotatable bonds is 2. The Balaban J connectivity index is 1.52. The van der Waals surface area contributed by atoms with Crippen LogP contribution < -0.4 is 9.80 Å². The van der Waals surface area contributed by atoms with Crippen molar-refractivity contribution in [2.45, 2.75) is 13.5 Å². The predicted octanol–water partition coefficient (Wildman–Crippen LogP) is 4.62. The zero-order valence-electron chi connectivity index (χ0n) is 17.6. The van der Waals surface area contributed by atoms with Gasteiger partial charge in [0.1, 0.15) is 5.82 Å². The second-order valence-corrected chi connectivity index (χ2v) is 7.89. The minimum absolute atomic E-state index is 0.0395. The topological polar surface area (TPSA) is 45.7 Å². The van der Waals surface area contributed by atoms with Crippen molar-refractivity contribution < 1.29 is 9.53 Å². The zero-order valence-corrected chi connectivity index (χ0v) is 17.6. The van der Waals surface area contributed by atoms with Gasteiger partial charge in [0.15, 0.2) is 0 Å². The molecule has 1 amide bonds. The van der Waals surface area contributed by atoms with Crippen LogP contribution >= 0.6 is 0 Å². The molecule has 1 aromatic heterocycles. The molecule has 0 atom stereocenters. The minimum atomic E-state index is 0.0395. The first-order chi connectivity index (χ1) is 15.2. The molecule has 1 saturated heterocycles. The number of carbonyl (C=O) groups excluding carboxylic acids is 1. The third kappa shape index (κ3) is 3.97. The Bertz CT molecular complexity index is 1150. The summed E-state index contributed by atoms with van der Waals surface area (Å²) in [5.74, 6) is 1.03. The number of fused-ring (bicyclic) bond motifs is 2. The van der Waals surface area contributed by atoms with E-state index in [1.165, 1.54) is 0 Å². The number of aromatic nitrogens is 1.